The van der Waals surface area contributed by atoms with E-state index < -0.39 is 18.3 Å². The van der Waals surface area contributed by atoms with E-state index in [1.165, 1.54) is 0 Å². The molecule has 0 amide bonds. The maximum absolute atomic E-state index is 8.47. The van der Waals surface area contributed by atoms with Crippen LogP contribution in [0.15, 0.2) is 27.4 Å². The van der Waals surface area contributed by atoms with Gasteiger partial charge in [0.2, 0.25) is 0 Å². The van der Waals surface area contributed by atoms with Crippen LogP contribution >= 0.6 is 0 Å². The van der Waals surface area contributed by atoms with Crippen LogP contribution in [0.3, 0.4) is 0 Å². The Labute approximate surface area is 120 Å². The van der Waals surface area contributed by atoms with Crippen molar-refractivity contribution in [3.63, 3.8) is 0 Å². The number of nitrogens with zero attached hydrogens (tertiary/aromatic N) is 9. The van der Waals surface area contributed by atoms with Gasteiger partial charge in [0.25, 0.3) is 0 Å². The second kappa shape index (κ2) is 7.44. The largest absolute Gasteiger partial charge is 0.486 e. The highest BCUT2D eigenvalue weighted by atomic mass is 16.7. The van der Waals surface area contributed by atoms with Gasteiger partial charge >= 0.3 is 7.12 Å². The average Bonchev–Trinajstić information content (AvgIpc) is 2.71. The average molecular weight is 291 g/mol. The van der Waals surface area contributed by atoms with Crippen LogP contribution in [-0.2, 0) is 9.31 Å². The van der Waals surface area contributed by atoms with Crippen LogP contribution in [0.2, 0.25) is 0 Å². The summed E-state index contributed by atoms with van der Waals surface area (Å²) in [6, 6.07) is 0. The van der Waals surface area contributed by atoms with E-state index in [-0.39, 0.29) is 19.6 Å². The third-order valence-electron chi connectivity index (χ3n) is 3.29. The predicted molar refractivity (Wildman–Crippen MR) is 75.9 cm³/mol. The van der Waals surface area contributed by atoms with Crippen molar-refractivity contribution in [1.82, 2.24) is 0 Å². The Bertz CT molecular complexity index is 515. The van der Waals surface area contributed by atoms with Gasteiger partial charge in [-0.15, -0.1) is 0 Å². The van der Waals surface area contributed by atoms with Gasteiger partial charge in [-0.2, -0.15) is 0 Å². The number of rotatable bonds is 7. The molecule has 1 aliphatic heterocycles. The summed E-state index contributed by atoms with van der Waals surface area (Å²) in [6.45, 7) is 3.66. The summed E-state index contributed by atoms with van der Waals surface area (Å²) in [4.78, 5) is 8.05. The second-order valence-electron chi connectivity index (χ2n) is 4.69. The number of hydrogen-bond acceptors (Lipinski definition) is 5. The lowest BCUT2D eigenvalue weighted by molar-refractivity contribution is -0.00903. The molecule has 11 nitrogen and oxygen atoms in total. The SMILES string of the molecule is CC1(CN=[N+]=[N-])OB(/C=C/CN=[N+]=[N-])OC1(C)CN=[N+]=[N-]. The van der Waals surface area contributed by atoms with Crippen molar-refractivity contribution >= 4 is 7.12 Å². The summed E-state index contributed by atoms with van der Waals surface area (Å²) in [5, 5.41) is 10.4. The molecule has 1 heterocycles. The van der Waals surface area contributed by atoms with Gasteiger partial charge in [0, 0.05) is 21.3 Å². The molecule has 0 aromatic heterocycles. The van der Waals surface area contributed by atoms with Gasteiger partial charge in [-0.25, -0.2) is 0 Å². The van der Waals surface area contributed by atoms with E-state index in [9.17, 15) is 0 Å². The minimum absolute atomic E-state index is 0.0294. The Balaban J connectivity index is 2.92. The first-order valence-electron chi connectivity index (χ1n) is 6.06. The first kappa shape index (κ1) is 16.7. The van der Waals surface area contributed by atoms with Crippen molar-refractivity contribution in [2.45, 2.75) is 25.0 Å². The molecule has 2 atom stereocenters. The first-order chi connectivity index (χ1) is 10.0. The summed E-state index contributed by atoms with van der Waals surface area (Å²) in [5.41, 5.74) is 23.2. The molecule has 1 aliphatic rings. The zero-order valence-electron chi connectivity index (χ0n) is 11.7. The maximum Gasteiger partial charge on any atom is 0.486 e. The quantitative estimate of drug-likeness (QED) is 0.304. The lowest BCUT2D eigenvalue weighted by atomic mass is 9.86. The van der Waals surface area contributed by atoms with E-state index in [1.807, 2.05) is 0 Å². The van der Waals surface area contributed by atoms with Crippen LogP contribution in [0.4, 0.5) is 0 Å². The van der Waals surface area contributed by atoms with Gasteiger partial charge in [0.05, 0.1) is 24.3 Å². The van der Waals surface area contributed by atoms with Gasteiger partial charge in [-0.05, 0) is 30.4 Å². The first-order valence-corrected chi connectivity index (χ1v) is 6.06. The third kappa shape index (κ3) is 4.06. The number of hydrogen-bond donors (Lipinski definition) is 0. The standard InChI is InChI=1S/C9H14BN9O2/c1-8(6-15-18-12)9(2,7-16-19-13)21-10(20-8)4-3-5-14-17-11/h3-4H,5-7H2,1-2H3/b4-3+. The lowest BCUT2D eigenvalue weighted by Crippen LogP contribution is -2.51. The van der Waals surface area contributed by atoms with E-state index >= 15 is 0 Å². The molecule has 110 valence electrons. The molecule has 0 saturated carbocycles. The maximum atomic E-state index is 8.47. The second-order valence-corrected chi connectivity index (χ2v) is 4.69. The Hall–Kier alpha value is -2.35. The molecule has 0 N–H and O–H groups in total. The zero-order valence-corrected chi connectivity index (χ0v) is 11.7. The molecule has 0 bridgehead atoms. The Morgan fingerprint density at radius 3 is 1.86 bits per heavy atom. The van der Waals surface area contributed by atoms with Gasteiger partial charge < -0.3 is 9.31 Å². The summed E-state index contributed by atoms with van der Waals surface area (Å²) in [6.07, 6.45) is 1.59. The highest BCUT2D eigenvalue weighted by molar-refractivity contribution is 6.51. The molecule has 1 saturated heterocycles. The molecule has 1 rings (SSSR count). The van der Waals surface area contributed by atoms with Crippen LogP contribution in [0, 0.1) is 0 Å². The molecular weight excluding hydrogens is 277 g/mol. The highest BCUT2D eigenvalue weighted by Gasteiger charge is 2.55. The Kier molecular flexibility index (Phi) is 5.92. The molecular formula is C9H14BN9O2. The fourth-order valence-corrected chi connectivity index (χ4v) is 1.86. The van der Waals surface area contributed by atoms with Crippen LogP contribution in [0.5, 0.6) is 0 Å². The molecule has 12 heteroatoms. The van der Waals surface area contributed by atoms with Gasteiger partial charge in [-0.3, -0.25) is 0 Å². The predicted octanol–water partition coefficient (Wildman–Crippen LogP) is 3.07. The van der Waals surface area contributed by atoms with Crippen LogP contribution in [-0.4, -0.2) is 38.0 Å². The molecule has 0 spiro atoms. The Morgan fingerprint density at radius 2 is 1.43 bits per heavy atom. The molecule has 0 aromatic rings. The Morgan fingerprint density at radius 1 is 0.952 bits per heavy atom. The minimum atomic E-state index is -0.944. The van der Waals surface area contributed by atoms with Gasteiger partial charge in [0.15, 0.2) is 0 Å². The summed E-state index contributed by atoms with van der Waals surface area (Å²) in [5.74, 6) is 1.59. The van der Waals surface area contributed by atoms with E-state index in [1.54, 1.807) is 25.9 Å². The molecule has 0 radical (unpaired) electrons. The van der Waals surface area contributed by atoms with E-state index in [0.717, 1.165) is 0 Å². The summed E-state index contributed by atoms with van der Waals surface area (Å²) < 4.78 is 11.5. The van der Waals surface area contributed by atoms with Crippen molar-refractivity contribution < 1.29 is 9.31 Å². The zero-order chi connectivity index (χ0) is 15.8. The normalized spacial score (nSPS) is 27.8. The van der Waals surface area contributed by atoms with Crippen LogP contribution in [0.25, 0.3) is 31.3 Å². The fraction of sp³-hybridized carbons (Fsp3) is 0.778. The molecule has 0 aromatic carbocycles. The van der Waals surface area contributed by atoms with Crippen LogP contribution < -0.4 is 0 Å². The molecule has 21 heavy (non-hydrogen) atoms. The van der Waals surface area contributed by atoms with Crippen molar-refractivity contribution in [3.8, 4) is 0 Å². The van der Waals surface area contributed by atoms with E-state index in [2.05, 4.69) is 30.1 Å². The molecule has 2 unspecified atom stereocenters. The summed E-state index contributed by atoms with van der Waals surface area (Å²) >= 11 is 0. The van der Waals surface area contributed by atoms with Gasteiger partial charge in [-0.1, -0.05) is 27.4 Å². The van der Waals surface area contributed by atoms with E-state index in [0.29, 0.717) is 0 Å². The van der Waals surface area contributed by atoms with Gasteiger partial charge in [0.1, 0.15) is 0 Å². The van der Waals surface area contributed by atoms with Crippen molar-refractivity contribution in [2.75, 3.05) is 19.6 Å². The number of azide groups is 3. The molecule has 1 fully saturated rings. The monoisotopic (exact) mass is 291 g/mol. The topological polar surface area (TPSA) is 165 Å². The smallest absolute Gasteiger partial charge is 0.399 e. The summed E-state index contributed by atoms with van der Waals surface area (Å²) in [7, 11) is -0.711. The third-order valence-corrected chi connectivity index (χ3v) is 3.29. The molecule has 0 aliphatic carbocycles. The minimum Gasteiger partial charge on any atom is -0.399 e. The van der Waals surface area contributed by atoms with Crippen molar-refractivity contribution in [2.24, 2.45) is 15.3 Å². The highest BCUT2D eigenvalue weighted by Crippen LogP contribution is 2.38. The lowest BCUT2D eigenvalue weighted by Gasteiger charge is -2.37. The fourth-order valence-electron chi connectivity index (χ4n) is 1.86. The van der Waals surface area contributed by atoms with Crippen molar-refractivity contribution in [1.29, 1.82) is 0 Å². The van der Waals surface area contributed by atoms with E-state index in [4.69, 9.17) is 25.9 Å². The van der Waals surface area contributed by atoms with Crippen molar-refractivity contribution in [3.05, 3.63) is 43.4 Å². The van der Waals surface area contributed by atoms with Crippen LogP contribution in [0.1, 0.15) is 13.8 Å².